The second-order valence-electron chi connectivity index (χ2n) is 12.8. The number of nitrogens with zero attached hydrogens (tertiary/aromatic N) is 3. The Morgan fingerprint density at radius 1 is 0.373 bits per heavy atom. The highest BCUT2D eigenvalue weighted by Gasteiger charge is 2.20. The lowest BCUT2D eigenvalue weighted by atomic mass is 9.99. The van der Waals surface area contributed by atoms with Crippen molar-refractivity contribution in [3.8, 4) is 45.3 Å². The van der Waals surface area contributed by atoms with Crippen LogP contribution in [-0.4, -0.2) is 15.0 Å². The van der Waals surface area contributed by atoms with Gasteiger partial charge >= 0.3 is 0 Å². The minimum absolute atomic E-state index is 0.572. The zero-order valence-electron chi connectivity index (χ0n) is 27.0. The van der Waals surface area contributed by atoms with Crippen LogP contribution in [-0.2, 0) is 0 Å². The fourth-order valence-corrected chi connectivity index (χ4v) is 8.60. The average molecular weight is 672 g/mol. The van der Waals surface area contributed by atoms with Crippen molar-refractivity contribution in [2.24, 2.45) is 0 Å². The molecule has 0 atom stereocenters. The van der Waals surface area contributed by atoms with Crippen LogP contribution < -0.4 is 0 Å². The van der Waals surface area contributed by atoms with Gasteiger partial charge in [0.15, 0.2) is 17.5 Å². The van der Waals surface area contributed by atoms with Crippen LogP contribution in [0.1, 0.15) is 0 Å². The van der Waals surface area contributed by atoms with Crippen molar-refractivity contribution in [1.82, 2.24) is 15.0 Å². The van der Waals surface area contributed by atoms with Crippen molar-refractivity contribution < 1.29 is 8.83 Å². The van der Waals surface area contributed by atoms with E-state index in [1.807, 2.05) is 78.1 Å². The predicted octanol–water partition coefficient (Wildman–Crippen LogP) is 12.7. The molecular weight excluding hydrogens is 647 g/mol. The van der Waals surface area contributed by atoms with Crippen molar-refractivity contribution >= 4 is 75.4 Å². The lowest BCUT2D eigenvalue weighted by molar-refractivity contribution is 0.668. The van der Waals surface area contributed by atoms with Gasteiger partial charge in [-0.3, -0.25) is 0 Å². The molecule has 238 valence electrons. The SMILES string of the molecule is c1ccc(-c2nc(-c3ccc4c(c3)oc3ccccc34)nc(-c3cccc4oc5ccc(-c6cccc7c6sc6ccccc67)cc5c34)n2)cc1. The molecule has 6 heteroatoms. The normalized spacial score (nSPS) is 11.9. The van der Waals surface area contributed by atoms with Crippen LogP contribution in [0.5, 0.6) is 0 Å². The first-order valence-electron chi connectivity index (χ1n) is 16.8. The number of fused-ring (bicyclic) bond motifs is 9. The standard InChI is InChI=1S/C45H25N3O2S/c1-2-10-26(11-3-1)43-46-44(28-20-22-31-30-12-4-6-17-36(30)50-39(31)25-28)48-45(47-43)34-16-9-18-38-41(34)35-24-27(21-23-37(35)49-38)29-14-8-15-33-32-13-5-7-19-40(32)51-42(29)33/h1-25H. The topological polar surface area (TPSA) is 65.0 Å². The molecule has 7 aromatic carbocycles. The van der Waals surface area contributed by atoms with Gasteiger partial charge in [-0.2, -0.15) is 0 Å². The minimum atomic E-state index is 0.572. The molecule has 0 radical (unpaired) electrons. The Kier molecular flexibility index (Phi) is 6.05. The van der Waals surface area contributed by atoms with Crippen LogP contribution in [0.2, 0.25) is 0 Å². The molecule has 0 saturated carbocycles. The molecule has 51 heavy (non-hydrogen) atoms. The third-order valence-electron chi connectivity index (χ3n) is 9.76. The van der Waals surface area contributed by atoms with E-state index >= 15 is 0 Å². The molecule has 0 spiro atoms. The smallest absolute Gasteiger partial charge is 0.164 e. The Labute approximate surface area is 295 Å². The van der Waals surface area contributed by atoms with Crippen molar-refractivity contribution in [2.45, 2.75) is 0 Å². The van der Waals surface area contributed by atoms with Gasteiger partial charge in [0, 0.05) is 58.4 Å². The van der Waals surface area contributed by atoms with Gasteiger partial charge in [-0.05, 0) is 53.6 Å². The lowest BCUT2D eigenvalue weighted by Gasteiger charge is -2.09. The Morgan fingerprint density at radius 3 is 1.94 bits per heavy atom. The second-order valence-corrected chi connectivity index (χ2v) is 13.8. The first-order valence-corrected chi connectivity index (χ1v) is 17.7. The first-order chi connectivity index (χ1) is 25.2. The number of hydrogen-bond acceptors (Lipinski definition) is 6. The van der Waals surface area contributed by atoms with Gasteiger partial charge in [-0.1, -0.05) is 109 Å². The lowest BCUT2D eigenvalue weighted by Crippen LogP contribution is -2.00. The van der Waals surface area contributed by atoms with Gasteiger partial charge in [0.1, 0.15) is 22.3 Å². The van der Waals surface area contributed by atoms with Crippen LogP contribution in [0.25, 0.3) is 109 Å². The summed E-state index contributed by atoms with van der Waals surface area (Å²) in [5.74, 6) is 1.75. The summed E-state index contributed by atoms with van der Waals surface area (Å²) in [6.07, 6.45) is 0. The van der Waals surface area contributed by atoms with E-state index in [-0.39, 0.29) is 0 Å². The zero-order valence-corrected chi connectivity index (χ0v) is 27.8. The van der Waals surface area contributed by atoms with Crippen molar-refractivity contribution in [3.05, 3.63) is 152 Å². The maximum absolute atomic E-state index is 6.47. The summed E-state index contributed by atoms with van der Waals surface area (Å²) in [4.78, 5) is 15.2. The monoisotopic (exact) mass is 671 g/mol. The second kappa shape index (κ2) is 10.9. The Hall–Kier alpha value is -6.63. The molecule has 0 bridgehead atoms. The number of aromatic nitrogens is 3. The highest BCUT2D eigenvalue weighted by Crippen LogP contribution is 2.43. The van der Waals surface area contributed by atoms with Gasteiger partial charge in [0.25, 0.3) is 0 Å². The predicted molar refractivity (Wildman–Crippen MR) is 209 cm³/mol. The molecule has 11 aromatic rings. The number of rotatable bonds is 4. The number of para-hydroxylation sites is 1. The van der Waals surface area contributed by atoms with Crippen molar-refractivity contribution in [3.63, 3.8) is 0 Å². The fourth-order valence-electron chi connectivity index (χ4n) is 7.36. The fraction of sp³-hybridized carbons (Fsp3) is 0. The molecule has 0 amide bonds. The molecule has 4 aromatic heterocycles. The molecular formula is C45H25N3O2S. The van der Waals surface area contributed by atoms with E-state index in [1.54, 1.807) is 0 Å². The zero-order chi connectivity index (χ0) is 33.5. The maximum atomic E-state index is 6.47. The van der Waals surface area contributed by atoms with Gasteiger partial charge in [0.2, 0.25) is 0 Å². The number of hydrogen-bond donors (Lipinski definition) is 0. The van der Waals surface area contributed by atoms with Gasteiger partial charge < -0.3 is 8.83 Å². The molecule has 0 aliphatic rings. The summed E-state index contributed by atoms with van der Waals surface area (Å²) >= 11 is 1.84. The Bertz CT molecular complexity index is 3160. The van der Waals surface area contributed by atoms with E-state index in [9.17, 15) is 0 Å². The summed E-state index contributed by atoms with van der Waals surface area (Å²) in [7, 11) is 0. The van der Waals surface area contributed by atoms with Gasteiger partial charge in [-0.15, -0.1) is 11.3 Å². The largest absolute Gasteiger partial charge is 0.456 e. The van der Waals surface area contributed by atoms with E-state index < -0.39 is 0 Å². The molecule has 0 saturated heterocycles. The van der Waals surface area contributed by atoms with Crippen molar-refractivity contribution in [2.75, 3.05) is 0 Å². The molecule has 4 heterocycles. The summed E-state index contributed by atoms with van der Waals surface area (Å²) in [6.45, 7) is 0. The van der Waals surface area contributed by atoms with E-state index in [4.69, 9.17) is 23.8 Å². The van der Waals surface area contributed by atoms with Crippen LogP contribution in [0.4, 0.5) is 0 Å². The molecule has 0 aliphatic carbocycles. The van der Waals surface area contributed by atoms with E-state index in [2.05, 4.69) is 84.9 Å². The van der Waals surface area contributed by atoms with Gasteiger partial charge in [-0.25, -0.2) is 15.0 Å². The van der Waals surface area contributed by atoms with Crippen LogP contribution in [0.15, 0.2) is 160 Å². The van der Waals surface area contributed by atoms with Crippen LogP contribution in [0.3, 0.4) is 0 Å². The van der Waals surface area contributed by atoms with E-state index in [1.165, 1.54) is 25.7 Å². The van der Waals surface area contributed by atoms with Crippen molar-refractivity contribution in [1.29, 1.82) is 0 Å². The maximum Gasteiger partial charge on any atom is 0.164 e. The van der Waals surface area contributed by atoms with Gasteiger partial charge in [0.05, 0.1) is 0 Å². The van der Waals surface area contributed by atoms with Crippen LogP contribution >= 0.6 is 11.3 Å². The summed E-state index contributed by atoms with van der Waals surface area (Å²) in [5.41, 5.74) is 8.24. The number of thiophene rings is 1. The summed E-state index contributed by atoms with van der Waals surface area (Å²) in [6, 6.07) is 52.1. The molecule has 11 rings (SSSR count). The van der Waals surface area contributed by atoms with E-state index in [0.29, 0.717) is 17.5 Å². The summed E-state index contributed by atoms with van der Waals surface area (Å²) in [5, 5.41) is 6.70. The molecule has 0 aliphatic heterocycles. The number of benzene rings is 7. The molecule has 0 N–H and O–H groups in total. The molecule has 0 fully saturated rings. The highest BCUT2D eigenvalue weighted by atomic mass is 32.1. The van der Waals surface area contributed by atoms with Crippen LogP contribution in [0, 0.1) is 0 Å². The molecule has 0 unspecified atom stereocenters. The Morgan fingerprint density at radius 2 is 1.02 bits per heavy atom. The minimum Gasteiger partial charge on any atom is -0.456 e. The quantitative estimate of drug-likeness (QED) is 0.186. The average Bonchev–Trinajstić information content (AvgIpc) is 3.88. The first kappa shape index (κ1) is 28.2. The third-order valence-corrected chi connectivity index (χ3v) is 11.0. The third kappa shape index (κ3) is 4.43. The number of furan rings is 2. The molecule has 5 nitrogen and oxygen atoms in total. The Balaban J connectivity index is 1.13. The summed E-state index contributed by atoms with van der Waals surface area (Å²) < 4.78 is 15.3. The highest BCUT2D eigenvalue weighted by molar-refractivity contribution is 7.26. The van der Waals surface area contributed by atoms with E-state index in [0.717, 1.165) is 66.1 Å².